The van der Waals surface area contributed by atoms with Crippen LogP contribution >= 0.6 is 12.4 Å². The van der Waals surface area contributed by atoms with E-state index in [0.29, 0.717) is 6.42 Å². The van der Waals surface area contributed by atoms with E-state index < -0.39 is 0 Å². The van der Waals surface area contributed by atoms with Gasteiger partial charge < -0.3 is 10.6 Å². The van der Waals surface area contributed by atoms with E-state index in [2.05, 4.69) is 34.7 Å². The second kappa shape index (κ2) is 8.27. The molecule has 5 heteroatoms. The zero-order valence-electron chi connectivity index (χ0n) is 12.2. The Morgan fingerprint density at radius 2 is 1.95 bits per heavy atom. The standard InChI is InChI=1S/C16H19N3O.ClH/c1-12-5-3-4-6-13(12)7-10-16(20)19-14-8-9-15(17-2)18-11-14;/h3-6,8-9,11H,7,10H2,1-2H3,(H,17,18)(H,19,20);1H. The molecule has 0 aliphatic rings. The number of nitrogens with one attached hydrogen (secondary N) is 2. The van der Waals surface area contributed by atoms with E-state index in [1.54, 1.807) is 6.20 Å². The van der Waals surface area contributed by atoms with Crippen molar-refractivity contribution in [3.63, 3.8) is 0 Å². The van der Waals surface area contributed by atoms with Gasteiger partial charge in [-0.1, -0.05) is 24.3 Å². The molecule has 0 atom stereocenters. The summed E-state index contributed by atoms with van der Waals surface area (Å²) in [4.78, 5) is 16.1. The molecule has 2 aromatic rings. The molecule has 0 saturated carbocycles. The van der Waals surface area contributed by atoms with Crippen LogP contribution in [-0.4, -0.2) is 17.9 Å². The van der Waals surface area contributed by atoms with Crippen molar-refractivity contribution in [1.29, 1.82) is 0 Å². The average Bonchev–Trinajstić information content (AvgIpc) is 2.47. The number of hydrogen-bond acceptors (Lipinski definition) is 3. The van der Waals surface area contributed by atoms with Crippen molar-refractivity contribution in [1.82, 2.24) is 4.98 Å². The number of carbonyl (C=O) groups is 1. The molecule has 0 saturated heterocycles. The molecule has 1 aromatic heterocycles. The number of nitrogens with zero attached hydrogens (tertiary/aromatic N) is 1. The zero-order valence-corrected chi connectivity index (χ0v) is 13.0. The first kappa shape index (κ1) is 17.0. The van der Waals surface area contributed by atoms with Gasteiger partial charge in [-0.15, -0.1) is 12.4 Å². The molecule has 4 nitrogen and oxygen atoms in total. The summed E-state index contributed by atoms with van der Waals surface area (Å²) in [5.74, 6) is 0.787. The van der Waals surface area contributed by atoms with Crippen LogP contribution in [0, 0.1) is 6.92 Å². The maximum atomic E-state index is 11.9. The van der Waals surface area contributed by atoms with Gasteiger partial charge in [0.25, 0.3) is 0 Å². The Hall–Kier alpha value is -2.07. The normalized spacial score (nSPS) is 9.62. The Kier molecular flexibility index (Phi) is 6.69. The minimum absolute atomic E-state index is 0. The highest BCUT2D eigenvalue weighted by Crippen LogP contribution is 2.12. The van der Waals surface area contributed by atoms with Crippen molar-refractivity contribution in [3.05, 3.63) is 53.7 Å². The van der Waals surface area contributed by atoms with E-state index in [1.807, 2.05) is 31.3 Å². The fraction of sp³-hybridized carbons (Fsp3) is 0.250. The lowest BCUT2D eigenvalue weighted by atomic mass is 10.0. The highest BCUT2D eigenvalue weighted by Gasteiger charge is 2.05. The first-order valence-corrected chi connectivity index (χ1v) is 6.67. The van der Waals surface area contributed by atoms with E-state index in [1.165, 1.54) is 11.1 Å². The fourth-order valence-electron chi connectivity index (χ4n) is 1.98. The Morgan fingerprint density at radius 3 is 2.57 bits per heavy atom. The summed E-state index contributed by atoms with van der Waals surface area (Å²) in [7, 11) is 1.81. The number of pyridine rings is 1. The molecule has 0 aliphatic carbocycles. The van der Waals surface area contributed by atoms with Gasteiger partial charge in [0.05, 0.1) is 11.9 Å². The zero-order chi connectivity index (χ0) is 14.4. The summed E-state index contributed by atoms with van der Waals surface area (Å²) in [5.41, 5.74) is 3.16. The first-order chi connectivity index (χ1) is 9.69. The van der Waals surface area contributed by atoms with Crippen LogP contribution in [0.25, 0.3) is 0 Å². The third-order valence-electron chi connectivity index (χ3n) is 3.19. The van der Waals surface area contributed by atoms with E-state index in [0.717, 1.165) is 17.9 Å². The van der Waals surface area contributed by atoms with Crippen LogP contribution in [0.2, 0.25) is 0 Å². The van der Waals surface area contributed by atoms with Gasteiger partial charge in [0.2, 0.25) is 5.91 Å². The number of aromatic nitrogens is 1. The number of carbonyl (C=O) groups excluding carboxylic acids is 1. The molecule has 0 unspecified atom stereocenters. The minimum Gasteiger partial charge on any atom is -0.373 e. The second-order valence-corrected chi connectivity index (χ2v) is 4.66. The number of benzene rings is 1. The molecule has 1 heterocycles. The van der Waals surface area contributed by atoms with Crippen molar-refractivity contribution >= 4 is 29.8 Å². The number of hydrogen-bond donors (Lipinski definition) is 2. The van der Waals surface area contributed by atoms with Crippen molar-refractivity contribution < 1.29 is 4.79 Å². The molecule has 2 rings (SSSR count). The van der Waals surface area contributed by atoms with Gasteiger partial charge in [-0.25, -0.2) is 4.98 Å². The maximum Gasteiger partial charge on any atom is 0.224 e. The van der Waals surface area contributed by atoms with Crippen LogP contribution in [0.3, 0.4) is 0 Å². The summed E-state index contributed by atoms with van der Waals surface area (Å²) >= 11 is 0. The molecule has 0 radical (unpaired) electrons. The summed E-state index contributed by atoms with van der Waals surface area (Å²) in [6, 6.07) is 11.8. The summed E-state index contributed by atoms with van der Waals surface area (Å²) in [6.45, 7) is 2.06. The van der Waals surface area contributed by atoms with Crippen LogP contribution in [0.15, 0.2) is 42.6 Å². The number of amides is 1. The quantitative estimate of drug-likeness (QED) is 0.890. The molecule has 0 spiro atoms. The molecule has 0 aliphatic heterocycles. The third-order valence-corrected chi connectivity index (χ3v) is 3.19. The lowest BCUT2D eigenvalue weighted by Crippen LogP contribution is -2.12. The summed E-state index contributed by atoms with van der Waals surface area (Å²) < 4.78 is 0. The van der Waals surface area contributed by atoms with Crippen LogP contribution < -0.4 is 10.6 Å². The van der Waals surface area contributed by atoms with Crippen molar-refractivity contribution in [3.8, 4) is 0 Å². The van der Waals surface area contributed by atoms with Gasteiger partial charge in [-0.05, 0) is 36.6 Å². The second-order valence-electron chi connectivity index (χ2n) is 4.66. The van der Waals surface area contributed by atoms with Crippen LogP contribution in [0.5, 0.6) is 0 Å². The summed E-state index contributed by atoms with van der Waals surface area (Å²) in [5, 5.41) is 5.79. The summed E-state index contributed by atoms with van der Waals surface area (Å²) in [6.07, 6.45) is 2.87. The van der Waals surface area contributed by atoms with Crippen LogP contribution in [0.1, 0.15) is 17.5 Å². The lowest BCUT2D eigenvalue weighted by molar-refractivity contribution is -0.116. The Labute approximate surface area is 131 Å². The molecule has 1 amide bonds. The highest BCUT2D eigenvalue weighted by molar-refractivity contribution is 5.90. The Morgan fingerprint density at radius 1 is 1.19 bits per heavy atom. The molecule has 0 bridgehead atoms. The number of anilines is 2. The van der Waals surface area contributed by atoms with Gasteiger partial charge in [0, 0.05) is 13.5 Å². The fourth-order valence-corrected chi connectivity index (χ4v) is 1.98. The minimum atomic E-state index is 0. The molecular weight excluding hydrogens is 286 g/mol. The first-order valence-electron chi connectivity index (χ1n) is 6.67. The third kappa shape index (κ3) is 5.08. The predicted molar refractivity (Wildman–Crippen MR) is 89.2 cm³/mol. The Bertz CT molecular complexity index is 584. The smallest absolute Gasteiger partial charge is 0.224 e. The van der Waals surface area contributed by atoms with E-state index in [4.69, 9.17) is 0 Å². The Balaban J connectivity index is 0.00000220. The number of rotatable bonds is 5. The molecule has 1 aromatic carbocycles. The lowest BCUT2D eigenvalue weighted by Gasteiger charge is -2.07. The molecule has 21 heavy (non-hydrogen) atoms. The van der Waals surface area contributed by atoms with E-state index >= 15 is 0 Å². The van der Waals surface area contributed by atoms with E-state index in [-0.39, 0.29) is 18.3 Å². The largest absolute Gasteiger partial charge is 0.373 e. The predicted octanol–water partition coefficient (Wildman–Crippen LogP) is 3.42. The number of halogens is 1. The topological polar surface area (TPSA) is 54.0 Å². The monoisotopic (exact) mass is 305 g/mol. The van der Waals surface area contributed by atoms with Crippen LogP contribution in [-0.2, 0) is 11.2 Å². The SMILES string of the molecule is CNc1ccc(NC(=O)CCc2ccccc2C)cn1.Cl. The van der Waals surface area contributed by atoms with Gasteiger partial charge >= 0.3 is 0 Å². The highest BCUT2D eigenvalue weighted by atomic mass is 35.5. The van der Waals surface area contributed by atoms with Gasteiger partial charge in [-0.3, -0.25) is 4.79 Å². The van der Waals surface area contributed by atoms with Crippen molar-refractivity contribution in [2.45, 2.75) is 19.8 Å². The van der Waals surface area contributed by atoms with Crippen molar-refractivity contribution in [2.24, 2.45) is 0 Å². The number of aryl methyl sites for hydroxylation is 2. The average molecular weight is 306 g/mol. The molecule has 2 N–H and O–H groups in total. The molecule has 0 fully saturated rings. The van der Waals surface area contributed by atoms with Crippen LogP contribution in [0.4, 0.5) is 11.5 Å². The molecular formula is C16H20ClN3O. The van der Waals surface area contributed by atoms with Gasteiger partial charge in [-0.2, -0.15) is 0 Å². The van der Waals surface area contributed by atoms with E-state index in [9.17, 15) is 4.79 Å². The van der Waals surface area contributed by atoms with Crippen molar-refractivity contribution in [2.75, 3.05) is 17.7 Å². The van der Waals surface area contributed by atoms with Gasteiger partial charge in [0.1, 0.15) is 5.82 Å². The maximum absolute atomic E-state index is 11.9. The molecule has 112 valence electrons. The van der Waals surface area contributed by atoms with Gasteiger partial charge in [0.15, 0.2) is 0 Å².